The summed E-state index contributed by atoms with van der Waals surface area (Å²) in [5.41, 5.74) is 0.510. The zero-order valence-electron chi connectivity index (χ0n) is 19.6. The first-order valence-electron chi connectivity index (χ1n) is 12.1. The molecule has 4 aliphatic rings. The van der Waals surface area contributed by atoms with E-state index in [-0.39, 0.29) is 5.41 Å². The van der Waals surface area contributed by atoms with Crippen LogP contribution < -0.4 is 0 Å². The average molecular weight is 405 g/mol. The molecule has 0 heterocycles. The lowest BCUT2D eigenvalue weighted by Gasteiger charge is -2.60. The van der Waals surface area contributed by atoms with Gasteiger partial charge >= 0.3 is 0 Å². The van der Waals surface area contributed by atoms with Gasteiger partial charge in [0.2, 0.25) is 0 Å². The molecule has 0 saturated heterocycles. The fraction of sp³-hybridized carbons (Fsp3) is 0.960. The number of ketones is 1. The third kappa shape index (κ3) is 3.09. The minimum atomic E-state index is -1.68. The van der Waals surface area contributed by atoms with Crippen molar-refractivity contribution in [2.75, 3.05) is 0 Å². The van der Waals surface area contributed by atoms with Crippen LogP contribution >= 0.6 is 0 Å². The summed E-state index contributed by atoms with van der Waals surface area (Å²) in [6.07, 6.45) is 11.6. The lowest BCUT2D eigenvalue weighted by molar-refractivity contribution is -0.141. The van der Waals surface area contributed by atoms with Crippen molar-refractivity contribution in [2.24, 2.45) is 34.5 Å². The quantitative estimate of drug-likeness (QED) is 0.464. The molecule has 7 atom stereocenters. The summed E-state index contributed by atoms with van der Waals surface area (Å²) in [6, 6.07) is 0. The highest BCUT2D eigenvalue weighted by molar-refractivity contribution is 6.74. The second kappa shape index (κ2) is 6.67. The summed E-state index contributed by atoms with van der Waals surface area (Å²) in [4.78, 5) is 12.6. The molecule has 4 aliphatic carbocycles. The summed E-state index contributed by atoms with van der Waals surface area (Å²) in [7, 11) is -1.68. The molecular formula is C25H44O2Si. The Labute approximate surface area is 174 Å². The Hall–Kier alpha value is -0.153. The summed E-state index contributed by atoms with van der Waals surface area (Å²) >= 11 is 0. The first-order valence-corrected chi connectivity index (χ1v) is 15.0. The highest BCUT2D eigenvalue weighted by Gasteiger charge is 2.60. The first-order chi connectivity index (χ1) is 12.9. The van der Waals surface area contributed by atoms with Crippen molar-refractivity contribution < 1.29 is 9.22 Å². The zero-order valence-corrected chi connectivity index (χ0v) is 20.6. The summed E-state index contributed by atoms with van der Waals surface area (Å²) in [6.45, 7) is 16.8. The Morgan fingerprint density at radius 1 is 0.964 bits per heavy atom. The highest BCUT2D eigenvalue weighted by Crippen LogP contribution is 2.65. The topological polar surface area (TPSA) is 26.3 Å². The van der Waals surface area contributed by atoms with Gasteiger partial charge in [-0.1, -0.05) is 34.6 Å². The van der Waals surface area contributed by atoms with Gasteiger partial charge in [-0.15, -0.1) is 0 Å². The Bertz CT molecular complexity index is 635. The first kappa shape index (κ1) is 21.1. The van der Waals surface area contributed by atoms with Crippen molar-refractivity contribution in [2.45, 2.75) is 117 Å². The molecule has 0 N–H and O–H groups in total. The normalized spacial score (nSPS) is 46.7. The van der Waals surface area contributed by atoms with E-state index in [0.717, 1.165) is 30.6 Å². The third-order valence-electron chi connectivity index (χ3n) is 10.6. The predicted molar refractivity (Wildman–Crippen MR) is 119 cm³/mol. The molecule has 0 bridgehead atoms. The second-order valence-electron chi connectivity index (χ2n) is 12.8. The van der Waals surface area contributed by atoms with Crippen molar-refractivity contribution in [3.63, 3.8) is 0 Å². The maximum atomic E-state index is 12.6. The van der Waals surface area contributed by atoms with Crippen LogP contribution in [0.1, 0.15) is 92.4 Å². The molecule has 4 fully saturated rings. The number of hydrogen-bond donors (Lipinski definition) is 0. The number of Topliss-reactive ketones (excluding diaryl/α,β-unsaturated/α-hetero) is 1. The van der Waals surface area contributed by atoms with Gasteiger partial charge in [-0.05, 0) is 98.6 Å². The number of hydrogen-bond acceptors (Lipinski definition) is 2. The van der Waals surface area contributed by atoms with E-state index >= 15 is 0 Å². The molecule has 0 radical (unpaired) electrons. The fourth-order valence-corrected chi connectivity index (χ4v) is 9.09. The van der Waals surface area contributed by atoms with E-state index in [1.165, 1.54) is 44.9 Å². The third-order valence-corrected chi connectivity index (χ3v) is 15.1. The number of carbonyl (C=O) groups is 1. The molecule has 160 valence electrons. The number of fused-ring (bicyclic) bond motifs is 5. The smallest absolute Gasteiger partial charge is 0.192 e. The Kier molecular flexibility index (Phi) is 5.03. The van der Waals surface area contributed by atoms with Crippen LogP contribution in [0.4, 0.5) is 0 Å². The predicted octanol–water partition coefficient (Wildman–Crippen LogP) is 6.99. The van der Waals surface area contributed by atoms with Gasteiger partial charge in [-0.3, -0.25) is 4.79 Å². The molecule has 0 spiro atoms. The van der Waals surface area contributed by atoms with E-state index in [1.54, 1.807) is 0 Å². The van der Waals surface area contributed by atoms with Crippen LogP contribution in [-0.2, 0) is 9.22 Å². The standard InChI is InChI=1S/C25H44O2Si/c1-23(2,3)28(6,7)27-18-12-14-24(4)17(16-18)8-9-19-20-10-11-22(26)25(20,5)15-13-21(19)24/h17-21H,8-16H2,1-7H3/t17-,18-,19?,20?,21?,24?,25?/m0/s1. The van der Waals surface area contributed by atoms with Gasteiger partial charge in [0.15, 0.2) is 8.32 Å². The van der Waals surface area contributed by atoms with Gasteiger partial charge in [0, 0.05) is 17.9 Å². The van der Waals surface area contributed by atoms with Crippen LogP contribution in [0.2, 0.25) is 18.1 Å². The van der Waals surface area contributed by atoms with E-state index in [2.05, 4.69) is 47.7 Å². The lowest BCUT2D eigenvalue weighted by Crippen LogP contribution is -2.55. The van der Waals surface area contributed by atoms with Gasteiger partial charge in [-0.2, -0.15) is 0 Å². The van der Waals surface area contributed by atoms with Gasteiger partial charge in [0.25, 0.3) is 0 Å². The second-order valence-corrected chi connectivity index (χ2v) is 17.6. The van der Waals surface area contributed by atoms with Crippen LogP contribution in [0, 0.1) is 34.5 Å². The van der Waals surface area contributed by atoms with E-state index in [0.29, 0.717) is 28.3 Å². The molecule has 0 amide bonds. The molecule has 0 aliphatic heterocycles. The van der Waals surface area contributed by atoms with Crippen LogP contribution in [0.3, 0.4) is 0 Å². The van der Waals surface area contributed by atoms with E-state index < -0.39 is 8.32 Å². The van der Waals surface area contributed by atoms with Crippen molar-refractivity contribution in [3.05, 3.63) is 0 Å². The summed E-state index contributed by atoms with van der Waals surface area (Å²) < 4.78 is 6.87. The van der Waals surface area contributed by atoms with Crippen molar-refractivity contribution in [1.29, 1.82) is 0 Å². The molecule has 2 nitrogen and oxygen atoms in total. The minimum absolute atomic E-state index is 0.0208. The van der Waals surface area contributed by atoms with Gasteiger partial charge in [-0.25, -0.2) is 0 Å². The van der Waals surface area contributed by atoms with Crippen molar-refractivity contribution in [1.82, 2.24) is 0 Å². The largest absolute Gasteiger partial charge is 0.414 e. The Balaban J connectivity index is 1.48. The molecule has 5 unspecified atom stereocenters. The number of carbonyl (C=O) groups excluding carboxylic acids is 1. The molecule has 4 saturated carbocycles. The van der Waals surface area contributed by atoms with E-state index in [4.69, 9.17) is 4.43 Å². The van der Waals surface area contributed by atoms with Crippen LogP contribution in [0.15, 0.2) is 0 Å². The molecule has 0 aromatic heterocycles. The molecular weight excluding hydrogens is 360 g/mol. The highest BCUT2D eigenvalue weighted by atomic mass is 28.4. The van der Waals surface area contributed by atoms with Gasteiger partial charge in [0.1, 0.15) is 5.78 Å². The van der Waals surface area contributed by atoms with Crippen LogP contribution in [-0.4, -0.2) is 20.2 Å². The Morgan fingerprint density at radius 3 is 2.36 bits per heavy atom. The van der Waals surface area contributed by atoms with Crippen molar-refractivity contribution in [3.8, 4) is 0 Å². The van der Waals surface area contributed by atoms with E-state index in [9.17, 15) is 4.79 Å². The SMILES string of the molecule is CC12CCC3C(CC[C@H]4C[C@@H](O[Si](C)(C)C(C)(C)C)CCC34C)C1CCC2=O. The van der Waals surface area contributed by atoms with Gasteiger partial charge < -0.3 is 4.43 Å². The van der Waals surface area contributed by atoms with Crippen molar-refractivity contribution >= 4 is 14.1 Å². The molecule has 4 rings (SSSR count). The molecule has 3 heteroatoms. The summed E-state index contributed by atoms with van der Waals surface area (Å²) in [5.74, 6) is 3.75. The monoisotopic (exact) mass is 404 g/mol. The molecule has 0 aromatic carbocycles. The Morgan fingerprint density at radius 2 is 1.68 bits per heavy atom. The number of rotatable bonds is 2. The average Bonchev–Trinajstić information content (AvgIpc) is 2.89. The zero-order chi connectivity index (χ0) is 20.5. The van der Waals surface area contributed by atoms with Crippen LogP contribution in [0.25, 0.3) is 0 Å². The summed E-state index contributed by atoms with van der Waals surface area (Å²) in [5, 5.41) is 0.300. The van der Waals surface area contributed by atoms with E-state index in [1.807, 2.05) is 0 Å². The molecule has 0 aromatic rings. The maximum Gasteiger partial charge on any atom is 0.192 e. The maximum absolute atomic E-state index is 12.6. The van der Waals surface area contributed by atoms with Crippen LogP contribution in [0.5, 0.6) is 0 Å². The lowest BCUT2D eigenvalue weighted by atomic mass is 9.45. The fourth-order valence-electron chi connectivity index (χ4n) is 7.69. The minimum Gasteiger partial charge on any atom is -0.414 e. The van der Waals surface area contributed by atoms with Gasteiger partial charge in [0.05, 0.1) is 0 Å². The molecule has 28 heavy (non-hydrogen) atoms.